The number of fused-ring (bicyclic) bond motifs is 1. The molecule has 0 radical (unpaired) electrons. The molecule has 2 amide bonds. The van der Waals surface area contributed by atoms with Crippen LogP contribution in [0.15, 0.2) is 66.7 Å². The van der Waals surface area contributed by atoms with Crippen molar-refractivity contribution in [2.75, 3.05) is 23.8 Å². The Morgan fingerprint density at radius 2 is 1.47 bits per heavy atom. The van der Waals surface area contributed by atoms with Gasteiger partial charge in [0.25, 0.3) is 5.91 Å². The molecule has 0 bridgehead atoms. The second-order valence-corrected chi connectivity index (χ2v) is 7.07. The highest BCUT2D eigenvalue weighted by Crippen LogP contribution is 2.24. The molecule has 0 aliphatic heterocycles. The minimum absolute atomic E-state index is 0.0474. The Hall–Kier alpha value is -3.87. The summed E-state index contributed by atoms with van der Waals surface area (Å²) >= 11 is 0. The molecule has 0 aliphatic carbocycles. The number of hydrogen-bond acceptors (Lipinski definition) is 5. The first-order valence-corrected chi connectivity index (χ1v) is 10.5. The predicted octanol–water partition coefficient (Wildman–Crippen LogP) is 4.53. The molecule has 32 heavy (non-hydrogen) atoms. The quantitative estimate of drug-likeness (QED) is 0.457. The summed E-state index contributed by atoms with van der Waals surface area (Å²) in [6.45, 7) is 1.92. The number of anilines is 2. The van der Waals surface area contributed by atoms with Crippen LogP contribution in [0.5, 0.6) is 5.75 Å². The van der Waals surface area contributed by atoms with Crippen LogP contribution in [0.1, 0.15) is 26.2 Å². The lowest BCUT2D eigenvalue weighted by molar-refractivity contribution is -0.147. The Bertz CT molecular complexity index is 1090. The average molecular weight is 434 g/mol. The fourth-order valence-corrected chi connectivity index (χ4v) is 3.20. The monoisotopic (exact) mass is 434 g/mol. The third-order valence-corrected chi connectivity index (χ3v) is 4.67. The minimum Gasteiger partial charge on any atom is -0.492 e. The van der Waals surface area contributed by atoms with Gasteiger partial charge in [-0.3, -0.25) is 14.4 Å². The summed E-state index contributed by atoms with van der Waals surface area (Å²) in [5, 5.41) is 7.54. The molecule has 0 aromatic heterocycles. The number of para-hydroxylation sites is 2. The summed E-state index contributed by atoms with van der Waals surface area (Å²) in [5.74, 6) is -0.623. The van der Waals surface area contributed by atoms with E-state index in [0.717, 1.165) is 16.5 Å². The van der Waals surface area contributed by atoms with Crippen molar-refractivity contribution >= 4 is 39.9 Å². The van der Waals surface area contributed by atoms with Gasteiger partial charge in [0.05, 0.1) is 12.3 Å². The van der Waals surface area contributed by atoms with Gasteiger partial charge in [0.15, 0.2) is 6.61 Å². The smallest absolute Gasteiger partial charge is 0.306 e. The highest BCUT2D eigenvalue weighted by atomic mass is 16.5. The molecule has 2 N–H and O–H groups in total. The van der Waals surface area contributed by atoms with Gasteiger partial charge in [-0.05, 0) is 36.9 Å². The lowest BCUT2D eigenvalue weighted by Gasteiger charge is -2.11. The maximum atomic E-state index is 12.3. The molecule has 166 valence electrons. The first kappa shape index (κ1) is 22.8. The normalized spacial score (nSPS) is 10.4. The van der Waals surface area contributed by atoms with Gasteiger partial charge in [-0.25, -0.2) is 0 Å². The third-order valence-electron chi connectivity index (χ3n) is 4.67. The largest absolute Gasteiger partial charge is 0.492 e. The van der Waals surface area contributed by atoms with Crippen molar-refractivity contribution in [1.82, 2.24) is 0 Å². The first-order valence-electron chi connectivity index (χ1n) is 10.5. The maximum absolute atomic E-state index is 12.3. The van der Waals surface area contributed by atoms with Crippen LogP contribution in [-0.2, 0) is 19.1 Å². The Balaban J connectivity index is 1.38. The summed E-state index contributed by atoms with van der Waals surface area (Å²) in [5.41, 5.74) is 1.25. The summed E-state index contributed by atoms with van der Waals surface area (Å²) < 4.78 is 10.5. The topological polar surface area (TPSA) is 93.7 Å². The fourth-order valence-electron chi connectivity index (χ4n) is 3.20. The molecular weight excluding hydrogens is 408 g/mol. The van der Waals surface area contributed by atoms with E-state index in [9.17, 15) is 14.4 Å². The van der Waals surface area contributed by atoms with Crippen molar-refractivity contribution in [3.05, 3.63) is 66.7 Å². The molecule has 0 atom stereocenters. The van der Waals surface area contributed by atoms with Crippen LogP contribution in [0.3, 0.4) is 0 Å². The number of rotatable bonds is 10. The lowest BCUT2D eigenvalue weighted by atomic mass is 10.1. The van der Waals surface area contributed by atoms with Gasteiger partial charge in [-0.2, -0.15) is 0 Å². The SMILES string of the molecule is CCOc1ccccc1NC(=O)COC(=O)CCCC(=O)Nc1cccc2ccccc12. The van der Waals surface area contributed by atoms with Crippen LogP contribution in [0.25, 0.3) is 10.8 Å². The number of carbonyl (C=O) groups excluding carboxylic acids is 3. The van der Waals surface area contributed by atoms with Crippen molar-refractivity contribution < 1.29 is 23.9 Å². The third kappa shape index (κ3) is 6.57. The molecule has 0 spiro atoms. The zero-order valence-electron chi connectivity index (χ0n) is 17.9. The minimum atomic E-state index is -0.531. The zero-order chi connectivity index (χ0) is 22.8. The molecule has 0 heterocycles. The molecule has 7 nitrogen and oxygen atoms in total. The molecular formula is C25H26N2O5. The van der Waals surface area contributed by atoms with Crippen molar-refractivity contribution in [3.63, 3.8) is 0 Å². The van der Waals surface area contributed by atoms with E-state index >= 15 is 0 Å². The molecule has 7 heteroatoms. The standard InChI is InChI=1S/C25H26N2O5/c1-2-31-22-14-6-5-12-21(22)27-24(29)17-32-25(30)16-8-15-23(28)26-20-13-7-10-18-9-3-4-11-19(18)20/h3-7,9-14H,2,8,15-17H2,1H3,(H,26,28)(H,27,29). The van der Waals surface area contributed by atoms with Crippen molar-refractivity contribution in [3.8, 4) is 5.75 Å². The number of esters is 1. The molecule has 0 unspecified atom stereocenters. The second kappa shape index (κ2) is 11.5. The zero-order valence-corrected chi connectivity index (χ0v) is 17.9. The number of amides is 2. The van der Waals surface area contributed by atoms with Crippen molar-refractivity contribution in [1.29, 1.82) is 0 Å². The van der Waals surface area contributed by atoms with E-state index in [2.05, 4.69) is 10.6 Å². The first-order chi connectivity index (χ1) is 15.6. The summed E-state index contributed by atoms with van der Waals surface area (Å²) in [4.78, 5) is 36.2. The molecule has 0 fully saturated rings. The molecule has 3 rings (SSSR count). The van der Waals surface area contributed by atoms with Gasteiger partial charge in [0, 0.05) is 23.9 Å². The summed E-state index contributed by atoms with van der Waals surface area (Å²) in [6, 6.07) is 20.5. The van der Waals surface area contributed by atoms with E-state index < -0.39 is 18.5 Å². The average Bonchev–Trinajstić information content (AvgIpc) is 2.79. The van der Waals surface area contributed by atoms with Crippen LogP contribution in [0.2, 0.25) is 0 Å². The fraction of sp³-hybridized carbons (Fsp3) is 0.240. The highest BCUT2D eigenvalue weighted by Gasteiger charge is 2.12. The molecule has 3 aromatic carbocycles. The van der Waals surface area contributed by atoms with Crippen LogP contribution in [0, 0.1) is 0 Å². The van der Waals surface area contributed by atoms with Gasteiger partial charge in [-0.1, -0.05) is 48.5 Å². The van der Waals surface area contributed by atoms with Crippen LogP contribution < -0.4 is 15.4 Å². The Morgan fingerprint density at radius 1 is 0.781 bits per heavy atom. The van der Waals surface area contributed by atoms with Gasteiger partial charge >= 0.3 is 5.97 Å². The van der Waals surface area contributed by atoms with Crippen molar-refractivity contribution in [2.24, 2.45) is 0 Å². The molecule has 0 aliphatic rings. The van der Waals surface area contributed by atoms with Crippen LogP contribution in [-0.4, -0.2) is 31.0 Å². The van der Waals surface area contributed by atoms with Crippen LogP contribution >= 0.6 is 0 Å². The second-order valence-electron chi connectivity index (χ2n) is 7.07. The number of nitrogens with one attached hydrogen (secondary N) is 2. The van der Waals surface area contributed by atoms with Gasteiger partial charge in [0.1, 0.15) is 5.75 Å². The summed E-state index contributed by atoms with van der Waals surface area (Å²) in [7, 11) is 0. The van der Waals surface area contributed by atoms with Crippen molar-refractivity contribution in [2.45, 2.75) is 26.2 Å². The van der Waals surface area contributed by atoms with E-state index in [1.165, 1.54) is 0 Å². The van der Waals surface area contributed by atoms with Gasteiger partial charge in [-0.15, -0.1) is 0 Å². The summed E-state index contributed by atoms with van der Waals surface area (Å²) in [6.07, 6.45) is 0.544. The number of carbonyl (C=O) groups is 3. The number of benzene rings is 3. The maximum Gasteiger partial charge on any atom is 0.306 e. The van der Waals surface area contributed by atoms with E-state index in [1.807, 2.05) is 49.4 Å². The highest BCUT2D eigenvalue weighted by molar-refractivity contribution is 6.02. The predicted molar refractivity (Wildman–Crippen MR) is 124 cm³/mol. The Kier molecular flexibility index (Phi) is 8.20. The molecule has 0 saturated carbocycles. The Morgan fingerprint density at radius 3 is 2.31 bits per heavy atom. The van der Waals surface area contributed by atoms with E-state index in [-0.39, 0.29) is 18.7 Å². The van der Waals surface area contributed by atoms with Gasteiger partial charge < -0.3 is 20.1 Å². The molecule has 0 saturated heterocycles. The van der Waals surface area contributed by atoms with Crippen LogP contribution in [0.4, 0.5) is 11.4 Å². The van der Waals surface area contributed by atoms with E-state index in [4.69, 9.17) is 9.47 Å². The Labute approximate surface area is 186 Å². The molecule has 3 aromatic rings. The van der Waals surface area contributed by atoms with E-state index in [1.54, 1.807) is 24.3 Å². The number of ether oxygens (including phenoxy) is 2. The van der Waals surface area contributed by atoms with Gasteiger partial charge in [0.2, 0.25) is 5.91 Å². The van der Waals surface area contributed by atoms with E-state index in [0.29, 0.717) is 24.5 Å². The number of hydrogen-bond donors (Lipinski definition) is 2. The lowest BCUT2D eigenvalue weighted by Crippen LogP contribution is -2.21.